The van der Waals surface area contributed by atoms with Gasteiger partial charge in [-0.2, -0.15) is 0 Å². The molecule has 28 rings (SSSR count). The first-order valence-electron chi connectivity index (χ1n) is 45.0. The topological polar surface area (TPSA) is 142 Å². The second-order valence-electron chi connectivity index (χ2n) is 34.0. The number of hydrogen-bond donors (Lipinski definition) is 0. The molecule has 6 aromatic heterocycles. The largest absolute Gasteiger partial charge is 0.256 e. The predicted molar refractivity (Wildman–Crippen MR) is 563 cm³/mol. The highest BCUT2D eigenvalue weighted by Crippen LogP contribution is 2.46. The zero-order valence-corrected chi connectivity index (χ0v) is 73.4. The summed E-state index contributed by atoms with van der Waals surface area (Å²) in [4.78, 5) is 47.3. The molecule has 0 spiro atoms. The van der Waals surface area contributed by atoms with Crippen LogP contribution in [0.1, 0.15) is 0 Å². The maximum atomic E-state index is 4.54. The molecule has 0 amide bonds. The molecular formula is C123H75N11S. The fraction of sp³-hybridized carbons (Fsp3) is 0. The average Bonchev–Trinajstić information content (AvgIpc) is 0.953. The number of thiazole rings is 1. The highest BCUT2D eigenvalue weighted by Gasteiger charge is 2.20. The van der Waals surface area contributed by atoms with E-state index in [0.717, 1.165) is 49.8 Å². The molecule has 6 heterocycles. The molecule has 628 valence electrons. The third-order valence-electron chi connectivity index (χ3n) is 26.4. The Morgan fingerprint density at radius 3 is 0.793 bits per heavy atom. The van der Waals surface area contributed by atoms with Crippen LogP contribution in [0, 0.1) is 0 Å². The molecule has 0 N–H and O–H groups in total. The fourth-order valence-corrected chi connectivity index (χ4v) is 20.6. The van der Waals surface area contributed by atoms with Crippen molar-refractivity contribution in [3.63, 3.8) is 0 Å². The molecule has 12 heteroatoms. The summed E-state index contributed by atoms with van der Waals surface area (Å²) in [5.74, 6) is 2.10. The lowest BCUT2D eigenvalue weighted by Gasteiger charge is -2.15. The number of benzene rings is 22. The molecule has 0 aliphatic carbocycles. The highest BCUT2D eigenvalue weighted by molar-refractivity contribution is 7.16. The number of pyridine rings is 2. The monoisotopic (exact) mass is 1740 g/mol. The lowest BCUT2D eigenvalue weighted by Crippen LogP contribution is -1.91. The summed E-state index contributed by atoms with van der Waals surface area (Å²) in [5, 5.41) is 34.9. The molecule has 0 atom stereocenters. The van der Waals surface area contributed by atoms with E-state index in [1.807, 2.05) is 36.1 Å². The van der Waals surface area contributed by atoms with Crippen molar-refractivity contribution in [2.24, 2.45) is 0 Å². The maximum Gasteiger partial charge on any atom is 0.162 e. The molecule has 0 fully saturated rings. The quantitative estimate of drug-likeness (QED) is 0.134. The summed E-state index contributed by atoms with van der Waals surface area (Å²) in [6, 6.07) is 144. The molecule has 11 nitrogen and oxygen atoms in total. The second kappa shape index (κ2) is 33.8. The van der Waals surface area contributed by atoms with Gasteiger partial charge >= 0.3 is 0 Å². The molecule has 135 heavy (non-hydrogen) atoms. The lowest BCUT2D eigenvalue weighted by molar-refractivity contribution is 1.06. The van der Waals surface area contributed by atoms with E-state index in [-0.39, 0.29) is 0 Å². The van der Waals surface area contributed by atoms with Crippen LogP contribution in [0.25, 0.3) is 262 Å². The zero-order chi connectivity index (χ0) is 89.2. The van der Waals surface area contributed by atoms with Crippen LogP contribution in [-0.2, 0) is 0 Å². The molecule has 22 aromatic carbocycles. The van der Waals surface area contributed by atoms with Gasteiger partial charge in [0.1, 0.15) is 25.3 Å². The van der Waals surface area contributed by atoms with Gasteiger partial charge in [0.25, 0.3) is 0 Å². The molecule has 0 aliphatic rings. The molecule has 0 aliphatic heterocycles. The lowest BCUT2D eigenvalue weighted by atomic mass is 9.88. The van der Waals surface area contributed by atoms with Gasteiger partial charge in [-0.1, -0.05) is 291 Å². The van der Waals surface area contributed by atoms with Crippen LogP contribution in [0.4, 0.5) is 0 Å². The zero-order valence-electron chi connectivity index (χ0n) is 72.6. The van der Waals surface area contributed by atoms with Crippen molar-refractivity contribution in [3.05, 3.63) is 456 Å². The van der Waals surface area contributed by atoms with E-state index in [2.05, 4.69) is 437 Å². The Balaban J connectivity index is 0.0000000993. The van der Waals surface area contributed by atoms with Crippen molar-refractivity contribution in [3.8, 4) is 89.8 Å². The Labute approximate surface area is 778 Å². The van der Waals surface area contributed by atoms with Crippen LogP contribution in [0.3, 0.4) is 0 Å². The van der Waals surface area contributed by atoms with E-state index >= 15 is 0 Å². The van der Waals surface area contributed by atoms with E-state index in [1.165, 1.54) is 226 Å². The van der Waals surface area contributed by atoms with Crippen LogP contribution in [0.15, 0.2) is 456 Å². The number of nitrogens with zero attached hydrogens (tertiary/aromatic N) is 11. The van der Waals surface area contributed by atoms with Gasteiger partial charge in [0.05, 0.1) is 26.8 Å². The molecule has 28 aromatic rings. The van der Waals surface area contributed by atoms with Gasteiger partial charge in [-0.05, 0) is 305 Å². The Bertz CT molecular complexity index is 9060. The Morgan fingerprint density at radius 1 is 0.141 bits per heavy atom. The van der Waals surface area contributed by atoms with Crippen LogP contribution in [-0.4, -0.2) is 54.8 Å². The fourth-order valence-electron chi connectivity index (χ4n) is 19.9. The van der Waals surface area contributed by atoms with Crippen molar-refractivity contribution in [1.82, 2.24) is 54.8 Å². The molecule has 0 unspecified atom stereocenters. The summed E-state index contributed by atoms with van der Waals surface area (Å²) in [7, 11) is 0. The number of hydrogen-bond acceptors (Lipinski definition) is 12. The molecule has 0 radical (unpaired) electrons. The predicted octanol–water partition coefficient (Wildman–Crippen LogP) is 31.9. The van der Waals surface area contributed by atoms with Gasteiger partial charge in [-0.25, -0.2) is 44.9 Å². The van der Waals surface area contributed by atoms with E-state index in [4.69, 9.17) is 0 Å². The van der Waals surface area contributed by atoms with Crippen molar-refractivity contribution in [1.29, 1.82) is 0 Å². The molecular weight excluding hydrogens is 1660 g/mol. The van der Waals surface area contributed by atoms with Gasteiger partial charge < -0.3 is 0 Å². The molecule has 0 saturated heterocycles. The SMILES string of the molecule is c1ccc(-c2ccc3c4ccc(-c5ccc6ncsc6c5)cc4c4ccccc4c3c2)cc1.c1ccc2c(c1)c1cc(-c3ncncn3)ccc1c1ccc(-c3ncncn3)cc21.c1ccc2cc(-c3ccc4c(c3)c3ccc(-c5ccc6ncccc6c5)cc3c3ccc(-c5ccc6ncccc6c5)cc43)ccc2c1.c1cnc(-c2ccc3c4ccccc4c4ccccc4c3c2)nc1. The normalized spacial score (nSPS) is 11.6. The van der Waals surface area contributed by atoms with Crippen LogP contribution >= 0.6 is 11.3 Å². The summed E-state index contributed by atoms with van der Waals surface area (Å²) >= 11 is 1.69. The first kappa shape index (κ1) is 79.2. The minimum atomic E-state index is 0.668. The van der Waals surface area contributed by atoms with Crippen LogP contribution in [0.5, 0.6) is 0 Å². The molecule has 0 bridgehead atoms. The first-order valence-corrected chi connectivity index (χ1v) is 45.9. The minimum Gasteiger partial charge on any atom is -0.256 e. The van der Waals surface area contributed by atoms with Gasteiger partial charge in [0, 0.05) is 52.3 Å². The third kappa shape index (κ3) is 14.6. The Kier molecular flexibility index (Phi) is 19.9. The maximum absolute atomic E-state index is 4.54. The molecule has 0 saturated carbocycles. The summed E-state index contributed by atoms with van der Waals surface area (Å²) < 4.78 is 1.23. The van der Waals surface area contributed by atoms with E-state index < -0.39 is 0 Å². The van der Waals surface area contributed by atoms with Crippen molar-refractivity contribution in [2.75, 3.05) is 0 Å². The standard InChI is InChI=1S/C46H28N2.C31H19NS.C24H14N6.C22H14N2/c1-2-6-30-23-31(10-9-29(30)5-1)34-11-16-39-42(26-34)40-17-12-35(32-14-19-45-37(24-32)7-3-21-47-45)28-44(40)41-18-13-36(27-43(39)41)33-15-20-46-38(25-33)8-4-22-48-46;1-2-6-20(7-3-1)21-10-13-26-27-14-11-22(23-12-15-30-31(18-23)33-19-32-30)17-29(27)25-9-5-4-8-24(25)28(26)16-21;1-2-4-18-17(3-1)21-9-15(23-27-11-25-12-28-23)5-7-19(21)20-8-6-16(10-22(18)20)24-29-13-26-14-30-24;1-2-8-18-16(6-1)17-7-3-4-9-19(17)21-14-15(10-11-20(18)21)22-23-12-5-13-24-22/h1-28H;1-19H;1-14H;1-14H. The van der Waals surface area contributed by atoms with Gasteiger partial charge in [0.2, 0.25) is 0 Å². The van der Waals surface area contributed by atoms with E-state index in [1.54, 1.807) is 23.7 Å². The van der Waals surface area contributed by atoms with Gasteiger partial charge in [-0.15, -0.1) is 11.3 Å². The van der Waals surface area contributed by atoms with Crippen molar-refractivity contribution in [2.45, 2.75) is 0 Å². The van der Waals surface area contributed by atoms with Gasteiger partial charge in [0.15, 0.2) is 17.5 Å². The van der Waals surface area contributed by atoms with Crippen LogP contribution < -0.4 is 0 Å². The minimum absolute atomic E-state index is 0.668. The average molecular weight is 1740 g/mol. The van der Waals surface area contributed by atoms with Gasteiger partial charge in [-0.3, -0.25) is 9.97 Å². The summed E-state index contributed by atoms with van der Waals surface area (Å²) in [6.45, 7) is 0. The van der Waals surface area contributed by atoms with Crippen molar-refractivity contribution >= 4 is 183 Å². The third-order valence-corrected chi connectivity index (χ3v) is 27.2. The number of rotatable bonds is 8. The Morgan fingerprint density at radius 2 is 0.400 bits per heavy atom. The first-order chi connectivity index (χ1) is 66.9. The summed E-state index contributed by atoms with van der Waals surface area (Å²) in [5.41, 5.74) is 20.2. The Hall–Kier alpha value is -18.0. The summed E-state index contributed by atoms with van der Waals surface area (Å²) in [6.07, 6.45) is 13.4. The van der Waals surface area contributed by atoms with Crippen LogP contribution in [0.2, 0.25) is 0 Å². The van der Waals surface area contributed by atoms with E-state index in [0.29, 0.717) is 11.6 Å². The van der Waals surface area contributed by atoms with Crippen molar-refractivity contribution < 1.29 is 0 Å². The smallest absolute Gasteiger partial charge is 0.162 e. The highest BCUT2D eigenvalue weighted by atomic mass is 32.1. The van der Waals surface area contributed by atoms with E-state index in [9.17, 15) is 0 Å². The number of fused-ring (bicyclic) bond motifs is 28. The number of aromatic nitrogens is 11. The second-order valence-corrected chi connectivity index (χ2v) is 34.9.